The molecule has 1 saturated heterocycles. The summed E-state index contributed by atoms with van der Waals surface area (Å²) in [6.45, 7) is 1.45. The van der Waals surface area contributed by atoms with E-state index in [2.05, 4.69) is 17.4 Å². The molecule has 4 heteroatoms. The average Bonchev–Trinajstić information content (AvgIpc) is 2.96. The fourth-order valence-corrected chi connectivity index (χ4v) is 3.55. The number of likely N-dealkylation sites (tertiary alicyclic amines) is 1. The third-order valence-electron chi connectivity index (χ3n) is 4.63. The molecule has 0 saturated carbocycles. The van der Waals surface area contributed by atoms with Crippen LogP contribution in [0.25, 0.3) is 0 Å². The molecular weight excluding hydrogens is 264 g/mol. The second-order valence-electron chi connectivity index (χ2n) is 6.03. The zero-order valence-electron chi connectivity index (χ0n) is 12.7. The third kappa shape index (κ3) is 3.05. The van der Waals surface area contributed by atoms with E-state index in [-0.39, 0.29) is 12.1 Å². The van der Waals surface area contributed by atoms with Crippen molar-refractivity contribution in [3.8, 4) is 0 Å². The molecule has 1 aromatic rings. The van der Waals surface area contributed by atoms with Crippen LogP contribution in [0.15, 0.2) is 18.2 Å². The zero-order chi connectivity index (χ0) is 14.7. The van der Waals surface area contributed by atoms with E-state index in [1.54, 1.807) is 7.11 Å². The third-order valence-corrected chi connectivity index (χ3v) is 4.63. The first kappa shape index (κ1) is 14.4. The van der Waals surface area contributed by atoms with Gasteiger partial charge in [0.25, 0.3) is 0 Å². The standard InChI is InChI=1S/C17H24N2O2/c1-21-12-14-8-5-11-19(14)17(20)18-16-10-4-7-13-6-2-3-9-15(13)16/h4,7,10,14H,2-3,5-6,8-9,11-12H2,1H3,(H,18,20)/t14-/m0/s1. The Bertz CT molecular complexity index is 516. The van der Waals surface area contributed by atoms with E-state index in [4.69, 9.17) is 4.74 Å². The van der Waals surface area contributed by atoms with Gasteiger partial charge in [0.1, 0.15) is 0 Å². The number of amides is 2. The molecular formula is C17H24N2O2. The predicted octanol–water partition coefficient (Wildman–Crippen LogP) is 3.21. The summed E-state index contributed by atoms with van der Waals surface area (Å²) < 4.78 is 5.23. The molecule has 1 heterocycles. The van der Waals surface area contributed by atoms with Gasteiger partial charge in [0.15, 0.2) is 0 Å². The molecule has 1 aromatic carbocycles. The number of aryl methyl sites for hydroxylation is 1. The van der Waals surface area contributed by atoms with Gasteiger partial charge in [-0.25, -0.2) is 4.79 Å². The van der Waals surface area contributed by atoms with Crippen molar-refractivity contribution >= 4 is 11.7 Å². The Balaban J connectivity index is 1.73. The molecule has 1 fully saturated rings. The number of hydrogen-bond acceptors (Lipinski definition) is 2. The van der Waals surface area contributed by atoms with Crippen molar-refractivity contribution in [3.05, 3.63) is 29.3 Å². The van der Waals surface area contributed by atoms with Gasteiger partial charge >= 0.3 is 6.03 Å². The Morgan fingerprint density at radius 2 is 2.19 bits per heavy atom. The molecule has 0 spiro atoms. The molecule has 3 rings (SSSR count). The number of carbonyl (C=O) groups is 1. The van der Waals surface area contributed by atoms with Gasteiger partial charge in [-0.15, -0.1) is 0 Å². The quantitative estimate of drug-likeness (QED) is 0.928. The zero-order valence-corrected chi connectivity index (χ0v) is 12.7. The molecule has 0 radical (unpaired) electrons. The van der Waals surface area contributed by atoms with Crippen LogP contribution >= 0.6 is 0 Å². The highest BCUT2D eigenvalue weighted by Gasteiger charge is 2.29. The number of nitrogens with one attached hydrogen (secondary N) is 1. The smallest absolute Gasteiger partial charge is 0.322 e. The van der Waals surface area contributed by atoms with Gasteiger partial charge in [0.2, 0.25) is 0 Å². The molecule has 4 nitrogen and oxygen atoms in total. The monoisotopic (exact) mass is 288 g/mol. The highest BCUT2D eigenvalue weighted by atomic mass is 16.5. The van der Waals surface area contributed by atoms with Crippen molar-refractivity contribution < 1.29 is 9.53 Å². The minimum Gasteiger partial charge on any atom is -0.383 e. The summed E-state index contributed by atoms with van der Waals surface area (Å²) >= 11 is 0. The van der Waals surface area contributed by atoms with Crippen LogP contribution in [0.1, 0.15) is 36.8 Å². The summed E-state index contributed by atoms with van der Waals surface area (Å²) in [5.41, 5.74) is 3.73. The minimum atomic E-state index is 0.0218. The van der Waals surface area contributed by atoms with Crippen LogP contribution in [0.3, 0.4) is 0 Å². The summed E-state index contributed by atoms with van der Waals surface area (Å²) in [6.07, 6.45) is 6.78. The van der Waals surface area contributed by atoms with E-state index in [0.717, 1.165) is 37.9 Å². The normalized spacial score (nSPS) is 21.2. The number of rotatable bonds is 3. The number of methoxy groups -OCH3 is 1. The van der Waals surface area contributed by atoms with E-state index in [9.17, 15) is 4.79 Å². The molecule has 1 atom stereocenters. The Morgan fingerprint density at radius 1 is 1.33 bits per heavy atom. The van der Waals surface area contributed by atoms with Crippen LogP contribution in [-0.4, -0.2) is 37.2 Å². The van der Waals surface area contributed by atoms with Gasteiger partial charge < -0.3 is 15.0 Å². The Hall–Kier alpha value is -1.55. The Labute approximate surface area is 126 Å². The Morgan fingerprint density at radius 3 is 3.05 bits per heavy atom. The van der Waals surface area contributed by atoms with Crippen molar-refractivity contribution in [2.75, 3.05) is 25.6 Å². The lowest BCUT2D eigenvalue weighted by Gasteiger charge is -2.26. The van der Waals surface area contributed by atoms with Crippen LogP contribution < -0.4 is 5.32 Å². The molecule has 0 aromatic heterocycles. The molecule has 0 unspecified atom stereocenters. The lowest BCUT2D eigenvalue weighted by molar-refractivity contribution is 0.128. The lowest BCUT2D eigenvalue weighted by Crippen LogP contribution is -2.41. The van der Waals surface area contributed by atoms with E-state index in [1.165, 1.54) is 24.0 Å². The van der Waals surface area contributed by atoms with E-state index in [1.807, 2.05) is 11.0 Å². The van der Waals surface area contributed by atoms with Gasteiger partial charge in [-0.1, -0.05) is 12.1 Å². The number of ether oxygens (including phenoxy) is 1. The number of fused-ring (bicyclic) bond motifs is 1. The van der Waals surface area contributed by atoms with Gasteiger partial charge in [-0.2, -0.15) is 0 Å². The maximum Gasteiger partial charge on any atom is 0.322 e. The van der Waals surface area contributed by atoms with Gasteiger partial charge in [0, 0.05) is 19.3 Å². The number of urea groups is 1. The molecule has 1 aliphatic heterocycles. The van der Waals surface area contributed by atoms with Crippen LogP contribution in [-0.2, 0) is 17.6 Å². The SMILES string of the molecule is COC[C@@H]1CCCN1C(=O)Nc1cccc2c1CCCC2. The van der Waals surface area contributed by atoms with E-state index < -0.39 is 0 Å². The topological polar surface area (TPSA) is 41.6 Å². The van der Waals surface area contributed by atoms with Crippen molar-refractivity contribution in [1.29, 1.82) is 0 Å². The Kier molecular flexibility index (Phi) is 4.44. The minimum absolute atomic E-state index is 0.0218. The summed E-state index contributed by atoms with van der Waals surface area (Å²) in [5.74, 6) is 0. The van der Waals surface area contributed by atoms with E-state index >= 15 is 0 Å². The van der Waals surface area contributed by atoms with Gasteiger partial charge in [0.05, 0.1) is 12.6 Å². The van der Waals surface area contributed by atoms with Crippen LogP contribution in [0, 0.1) is 0 Å². The number of carbonyl (C=O) groups excluding carboxylic acids is 1. The first-order chi connectivity index (χ1) is 10.3. The second kappa shape index (κ2) is 6.48. The van der Waals surface area contributed by atoms with Crippen molar-refractivity contribution in [3.63, 3.8) is 0 Å². The number of hydrogen-bond donors (Lipinski definition) is 1. The fraction of sp³-hybridized carbons (Fsp3) is 0.588. The molecule has 1 aliphatic carbocycles. The molecule has 114 valence electrons. The largest absolute Gasteiger partial charge is 0.383 e. The van der Waals surface area contributed by atoms with Gasteiger partial charge in [-0.3, -0.25) is 0 Å². The average molecular weight is 288 g/mol. The first-order valence-corrected chi connectivity index (χ1v) is 7.97. The number of benzene rings is 1. The van der Waals surface area contributed by atoms with Crippen molar-refractivity contribution in [1.82, 2.24) is 4.90 Å². The molecule has 0 bridgehead atoms. The second-order valence-corrected chi connectivity index (χ2v) is 6.03. The maximum atomic E-state index is 12.5. The van der Waals surface area contributed by atoms with Crippen molar-refractivity contribution in [2.24, 2.45) is 0 Å². The number of nitrogens with zero attached hydrogens (tertiary/aromatic N) is 1. The summed E-state index contributed by atoms with van der Waals surface area (Å²) in [5, 5.41) is 3.13. The highest BCUT2D eigenvalue weighted by molar-refractivity contribution is 5.90. The van der Waals surface area contributed by atoms with E-state index in [0.29, 0.717) is 6.61 Å². The van der Waals surface area contributed by atoms with Crippen LogP contribution in [0.5, 0.6) is 0 Å². The summed E-state index contributed by atoms with van der Waals surface area (Å²) in [6, 6.07) is 6.51. The molecule has 21 heavy (non-hydrogen) atoms. The predicted molar refractivity (Wildman–Crippen MR) is 83.7 cm³/mol. The van der Waals surface area contributed by atoms with Crippen LogP contribution in [0.4, 0.5) is 10.5 Å². The molecule has 2 amide bonds. The fourth-order valence-electron chi connectivity index (χ4n) is 3.55. The van der Waals surface area contributed by atoms with Crippen LogP contribution in [0.2, 0.25) is 0 Å². The first-order valence-electron chi connectivity index (χ1n) is 7.97. The van der Waals surface area contributed by atoms with Crippen molar-refractivity contribution in [2.45, 2.75) is 44.6 Å². The highest BCUT2D eigenvalue weighted by Crippen LogP contribution is 2.28. The molecule has 1 N–H and O–H groups in total. The number of anilines is 1. The summed E-state index contributed by atoms with van der Waals surface area (Å²) in [7, 11) is 1.70. The maximum absolute atomic E-state index is 12.5. The lowest BCUT2D eigenvalue weighted by atomic mass is 9.90. The summed E-state index contributed by atoms with van der Waals surface area (Å²) in [4.78, 5) is 14.5. The molecule has 2 aliphatic rings. The van der Waals surface area contributed by atoms with Gasteiger partial charge in [-0.05, 0) is 55.7 Å².